The third-order valence-corrected chi connectivity index (χ3v) is 3.35. The number of hydrogen-bond acceptors (Lipinski definition) is 2. The highest BCUT2D eigenvalue weighted by Gasteiger charge is 2.26. The number of fused-ring (bicyclic) bond motifs is 1. The fourth-order valence-corrected chi connectivity index (χ4v) is 2.43. The van der Waals surface area contributed by atoms with E-state index < -0.39 is 0 Å². The lowest BCUT2D eigenvalue weighted by atomic mass is 9.89. The molecule has 0 saturated heterocycles. The Morgan fingerprint density at radius 2 is 2.05 bits per heavy atom. The molecule has 1 aliphatic heterocycles. The molecule has 1 aliphatic rings. The van der Waals surface area contributed by atoms with Crippen molar-refractivity contribution in [2.75, 3.05) is 5.32 Å². The zero-order chi connectivity index (χ0) is 14.8. The average Bonchev–Trinajstić information content (AvgIpc) is 2.34. The smallest absolute Gasteiger partial charge is 0.227 e. The van der Waals surface area contributed by atoms with Gasteiger partial charge in [0.25, 0.3) is 0 Å². The van der Waals surface area contributed by atoms with Crippen molar-refractivity contribution in [1.82, 2.24) is 5.32 Å². The molecule has 0 radical (unpaired) electrons. The van der Waals surface area contributed by atoms with Gasteiger partial charge in [-0.05, 0) is 45.2 Å². The van der Waals surface area contributed by atoms with Gasteiger partial charge in [-0.1, -0.05) is 18.2 Å². The van der Waals surface area contributed by atoms with E-state index in [1.165, 1.54) is 0 Å². The summed E-state index contributed by atoms with van der Waals surface area (Å²) in [7, 11) is 0. The van der Waals surface area contributed by atoms with Gasteiger partial charge >= 0.3 is 0 Å². The van der Waals surface area contributed by atoms with Crippen molar-refractivity contribution in [2.24, 2.45) is 5.92 Å². The molecule has 20 heavy (non-hydrogen) atoms. The predicted molar refractivity (Wildman–Crippen MR) is 79.4 cm³/mol. The van der Waals surface area contributed by atoms with Crippen molar-refractivity contribution in [3.05, 3.63) is 29.8 Å². The predicted octanol–water partition coefficient (Wildman–Crippen LogP) is 2.49. The van der Waals surface area contributed by atoms with Crippen molar-refractivity contribution in [2.45, 2.75) is 45.6 Å². The molecule has 4 nitrogen and oxygen atoms in total. The number of nitrogens with one attached hydrogen (secondary N) is 2. The van der Waals surface area contributed by atoms with E-state index in [9.17, 15) is 9.59 Å². The van der Waals surface area contributed by atoms with Crippen LogP contribution in [0.15, 0.2) is 24.3 Å². The Morgan fingerprint density at radius 1 is 1.35 bits per heavy atom. The molecule has 2 N–H and O–H groups in total. The number of carbonyl (C=O) groups is 2. The lowest BCUT2D eigenvalue weighted by Crippen LogP contribution is -2.41. The number of hydrogen-bond donors (Lipinski definition) is 2. The van der Waals surface area contributed by atoms with Gasteiger partial charge in [-0.2, -0.15) is 0 Å². The van der Waals surface area contributed by atoms with Crippen LogP contribution >= 0.6 is 0 Å². The van der Waals surface area contributed by atoms with Gasteiger partial charge in [0.05, 0.1) is 0 Å². The van der Waals surface area contributed by atoms with Gasteiger partial charge in [0, 0.05) is 23.6 Å². The fraction of sp³-hybridized carbons (Fsp3) is 0.500. The molecule has 4 heteroatoms. The van der Waals surface area contributed by atoms with Crippen LogP contribution in [-0.2, 0) is 16.0 Å². The van der Waals surface area contributed by atoms with E-state index in [1.54, 1.807) is 0 Å². The lowest BCUT2D eigenvalue weighted by molar-refractivity contribution is -0.123. The largest absolute Gasteiger partial charge is 0.352 e. The maximum Gasteiger partial charge on any atom is 0.227 e. The van der Waals surface area contributed by atoms with Gasteiger partial charge in [0.1, 0.15) is 0 Å². The van der Waals surface area contributed by atoms with Crippen LogP contribution in [0, 0.1) is 5.92 Å². The number of anilines is 1. The van der Waals surface area contributed by atoms with Crippen LogP contribution in [0.4, 0.5) is 5.69 Å². The molecule has 0 aromatic heterocycles. The van der Waals surface area contributed by atoms with Gasteiger partial charge < -0.3 is 10.6 Å². The first-order chi connectivity index (χ1) is 9.35. The highest BCUT2D eigenvalue weighted by molar-refractivity contribution is 5.96. The van der Waals surface area contributed by atoms with Gasteiger partial charge in [0.2, 0.25) is 11.8 Å². The van der Waals surface area contributed by atoms with Gasteiger partial charge in [-0.3, -0.25) is 9.59 Å². The summed E-state index contributed by atoms with van der Waals surface area (Å²) in [6, 6.07) is 7.82. The lowest BCUT2D eigenvalue weighted by Gasteiger charge is -2.25. The van der Waals surface area contributed by atoms with Crippen LogP contribution in [0.2, 0.25) is 0 Å². The van der Waals surface area contributed by atoms with Gasteiger partial charge in [0.15, 0.2) is 0 Å². The third kappa shape index (κ3) is 3.83. The highest BCUT2D eigenvalue weighted by atomic mass is 16.2. The molecule has 108 valence electrons. The zero-order valence-electron chi connectivity index (χ0n) is 12.3. The zero-order valence-corrected chi connectivity index (χ0v) is 12.3. The summed E-state index contributed by atoms with van der Waals surface area (Å²) in [4.78, 5) is 23.8. The summed E-state index contributed by atoms with van der Waals surface area (Å²) in [5.74, 6) is -0.0907. The van der Waals surface area contributed by atoms with Crippen molar-refractivity contribution in [3.63, 3.8) is 0 Å². The first-order valence-electron chi connectivity index (χ1n) is 7.05. The molecule has 0 aliphatic carbocycles. The second kappa shape index (κ2) is 5.65. The minimum absolute atomic E-state index is 0.00385. The van der Waals surface area contributed by atoms with Crippen molar-refractivity contribution >= 4 is 17.5 Å². The van der Waals surface area contributed by atoms with Crippen molar-refractivity contribution < 1.29 is 9.59 Å². The number of carbonyl (C=O) groups excluding carboxylic acids is 2. The second-order valence-corrected chi connectivity index (χ2v) is 6.38. The molecular weight excluding hydrogens is 252 g/mol. The Labute approximate surface area is 119 Å². The van der Waals surface area contributed by atoms with E-state index in [2.05, 4.69) is 10.6 Å². The monoisotopic (exact) mass is 274 g/mol. The minimum atomic E-state index is -0.224. The van der Waals surface area contributed by atoms with E-state index >= 15 is 0 Å². The van der Waals surface area contributed by atoms with E-state index in [4.69, 9.17) is 0 Å². The SMILES string of the molecule is CC(C)(C)NC(=O)CCC1Cc2ccccc2NC1=O. The van der Waals surface area contributed by atoms with Crippen molar-refractivity contribution in [3.8, 4) is 0 Å². The Kier molecular flexibility index (Phi) is 4.12. The Hall–Kier alpha value is -1.84. The minimum Gasteiger partial charge on any atom is -0.352 e. The normalized spacial score (nSPS) is 18.1. The standard InChI is InChI=1S/C16H22N2O2/c1-16(2,3)18-14(19)9-8-12-10-11-6-4-5-7-13(11)17-15(12)20/h4-7,12H,8-10H2,1-3H3,(H,17,20)(H,18,19). The first-order valence-corrected chi connectivity index (χ1v) is 7.05. The first kappa shape index (κ1) is 14.6. The van der Waals surface area contributed by atoms with Gasteiger partial charge in [-0.25, -0.2) is 0 Å². The van der Waals surface area contributed by atoms with E-state index in [-0.39, 0.29) is 23.3 Å². The van der Waals surface area contributed by atoms with Crippen molar-refractivity contribution in [1.29, 1.82) is 0 Å². The summed E-state index contributed by atoms with van der Waals surface area (Å²) in [5.41, 5.74) is 1.82. The Bertz CT molecular complexity index is 517. The number of amides is 2. The molecule has 1 heterocycles. The summed E-state index contributed by atoms with van der Waals surface area (Å²) in [6.07, 6.45) is 1.68. The number of rotatable bonds is 3. The average molecular weight is 274 g/mol. The number of para-hydroxylation sites is 1. The topological polar surface area (TPSA) is 58.2 Å². The summed E-state index contributed by atoms with van der Waals surface area (Å²) >= 11 is 0. The summed E-state index contributed by atoms with van der Waals surface area (Å²) in [6.45, 7) is 5.86. The molecule has 1 unspecified atom stereocenters. The van der Waals surface area contributed by atoms with Crippen LogP contribution in [0.3, 0.4) is 0 Å². The maximum absolute atomic E-state index is 12.0. The third-order valence-electron chi connectivity index (χ3n) is 3.35. The van der Waals surface area contributed by atoms with E-state index in [0.717, 1.165) is 11.3 Å². The number of benzene rings is 1. The van der Waals surface area contributed by atoms with Gasteiger partial charge in [-0.15, -0.1) is 0 Å². The Morgan fingerprint density at radius 3 is 2.75 bits per heavy atom. The Balaban J connectivity index is 1.92. The molecule has 2 rings (SSSR count). The molecule has 1 aromatic carbocycles. The molecule has 0 bridgehead atoms. The van der Waals surface area contributed by atoms with Crippen LogP contribution in [0.25, 0.3) is 0 Å². The molecule has 2 amide bonds. The molecule has 0 fully saturated rings. The summed E-state index contributed by atoms with van der Waals surface area (Å²) < 4.78 is 0. The second-order valence-electron chi connectivity index (χ2n) is 6.38. The van der Waals surface area contributed by atoms with Crippen LogP contribution < -0.4 is 10.6 Å². The van der Waals surface area contributed by atoms with E-state index in [0.29, 0.717) is 19.3 Å². The molecular formula is C16H22N2O2. The highest BCUT2D eigenvalue weighted by Crippen LogP contribution is 2.27. The summed E-state index contributed by atoms with van der Waals surface area (Å²) in [5, 5.41) is 5.83. The van der Waals surface area contributed by atoms with Crippen LogP contribution in [0.1, 0.15) is 39.2 Å². The maximum atomic E-state index is 12.0. The fourth-order valence-electron chi connectivity index (χ4n) is 2.43. The quantitative estimate of drug-likeness (QED) is 0.889. The molecule has 1 aromatic rings. The van der Waals surface area contributed by atoms with Crippen LogP contribution in [0.5, 0.6) is 0 Å². The molecule has 1 atom stereocenters. The van der Waals surface area contributed by atoms with Crippen LogP contribution in [-0.4, -0.2) is 17.4 Å². The molecule has 0 saturated carbocycles. The molecule has 0 spiro atoms. The van der Waals surface area contributed by atoms with E-state index in [1.807, 2.05) is 45.0 Å².